The van der Waals surface area contributed by atoms with Gasteiger partial charge in [-0.2, -0.15) is 11.8 Å². The lowest BCUT2D eigenvalue weighted by molar-refractivity contribution is 0.619. The summed E-state index contributed by atoms with van der Waals surface area (Å²) in [4.78, 5) is 0. The van der Waals surface area contributed by atoms with Crippen molar-refractivity contribution in [2.75, 3.05) is 18.6 Å². The molecule has 0 heterocycles. The largest absolute Gasteiger partial charge is 0.313 e. The summed E-state index contributed by atoms with van der Waals surface area (Å²) in [5.74, 6) is 1.30. The molecule has 0 saturated heterocycles. The van der Waals surface area contributed by atoms with Gasteiger partial charge in [0.15, 0.2) is 0 Å². The molecule has 1 nitrogen and oxygen atoms in total. The van der Waals surface area contributed by atoms with Crippen LogP contribution in [0.3, 0.4) is 0 Å². The van der Waals surface area contributed by atoms with E-state index in [0.29, 0.717) is 0 Å². The third-order valence-corrected chi connectivity index (χ3v) is 6.11. The predicted octanol–water partition coefficient (Wildman–Crippen LogP) is 3.85. The number of hydrogen-bond donors (Lipinski definition) is 1. The lowest BCUT2D eigenvalue weighted by atomic mass is 10.2. The molecular weight excluding hydrogens is 266 g/mol. The van der Waals surface area contributed by atoms with Crippen LogP contribution in [0, 0.1) is 0 Å². The number of nitrogens with one attached hydrogen (secondary N) is 1. The van der Waals surface area contributed by atoms with Crippen molar-refractivity contribution in [1.82, 2.24) is 5.32 Å². The maximum atomic E-state index is 3.54. The zero-order valence-corrected chi connectivity index (χ0v) is 14.8. The molecule has 0 radical (unpaired) electrons. The molecule has 0 amide bonds. The Balaban J connectivity index is 2.20. The van der Waals surface area contributed by atoms with Crippen molar-refractivity contribution in [3.63, 3.8) is 0 Å². The zero-order chi connectivity index (χ0) is 14.1. The molecule has 1 aromatic rings. The highest BCUT2D eigenvalue weighted by atomic mass is 32.2. The highest BCUT2D eigenvalue weighted by Crippen LogP contribution is 2.05. The average molecular weight is 296 g/mol. The highest BCUT2D eigenvalue weighted by Gasteiger charge is 2.15. The first kappa shape index (κ1) is 16.8. The molecule has 0 unspecified atom stereocenters. The molecule has 0 spiro atoms. The maximum absolute atomic E-state index is 3.54. The second-order valence-electron chi connectivity index (χ2n) is 6.18. The van der Waals surface area contributed by atoms with Crippen molar-refractivity contribution in [2.45, 2.75) is 45.4 Å². The Bertz CT molecular complexity index is 343. The van der Waals surface area contributed by atoms with Crippen molar-refractivity contribution in [1.29, 1.82) is 0 Å². The lowest BCUT2D eigenvalue weighted by Crippen LogP contribution is -2.37. The van der Waals surface area contributed by atoms with E-state index in [0.717, 1.165) is 13.1 Å². The molecule has 0 aliphatic carbocycles. The summed E-state index contributed by atoms with van der Waals surface area (Å²) >= 11 is 1.95. The molecule has 0 bridgehead atoms. The highest BCUT2D eigenvalue weighted by molar-refractivity contribution is 7.98. The van der Waals surface area contributed by atoms with Crippen LogP contribution in [0.15, 0.2) is 24.3 Å². The predicted molar refractivity (Wildman–Crippen MR) is 93.4 cm³/mol. The topological polar surface area (TPSA) is 12.0 Å². The van der Waals surface area contributed by atoms with Crippen LogP contribution in [-0.4, -0.2) is 26.6 Å². The van der Waals surface area contributed by atoms with Crippen LogP contribution in [0.2, 0.25) is 19.6 Å². The minimum Gasteiger partial charge on any atom is -0.313 e. The minimum atomic E-state index is -1.14. The van der Waals surface area contributed by atoms with Crippen LogP contribution < -0.4 is 10.5 Å². The van der Waals surface area contributed by atoms with Gasteiger partial charge in [-0.05, 0) is 37.0 Å². The molecular formula is C16H29NSSi. The van der Waals surface area contributed by atoms with Gasteiger partial charge >= 0.3 is 0 Å². The molecule has 0 saturated carbocycles. The summed E-state index contributed by atoms with van der Waals surface area (Å²) in [6, 6.07) is 9.21. The Morgan fingerprint density at radius 1 is 1.00 bits per heavy atom. The fourth-order valence-electron chi connectivity index (χ4n) is 2.03. The fourth-order valence-corrected chi connectivity index (χ4v) is 3.69. The summed E-state index contributed by atoms with van der Waals surface area (Å²) in [6.07, 6.45) is 6.19. The first-order valence-electron chi connectivity index (χ1n) is 7.33. The van der Waals surface area contributed by atoms with Gasteiger partial charge in [0.2, 0.25) is 0 Å². The number of rotatable bonds is 9. The first-order valence-corrected chi connectivity index (χ1v) is 12.2. The van der Waals surface area contributed by atoms with Gasteiger partial charge in [-0.15, -0.1) is 0 Å². The van der Waals surface area contributed by atoms with Crippen molar-refractivity contribution < 1.29 is 0 Å². The SMILES string of the molecule is CSCCCCCNCc1ccc([Si](C)(C)C)cc1. The maximum Gasteiger partial charge on any atom is 0.0775 e. The van der Waals surface area contributed by atoms with E-state index in [9.17, 15) is 0 Å². The quantitative estimate of drug-likeness (QED) is 0.548. The summed E-state index contributed by atoms with van der Waals surface area (Å²) in [5, 5.41) is 5.09. The van der Waals surface area contributed by atoms with E-state index >= 15 is 0 Å². The molecule has 3 heteroatoms. The van der Waals surface area contributed by atoms with E-state index in [2.05, 4.69) is 55.5 Å². The van der Waals surface area contributed by atoms with E-state index in [1.165, 1.54) is 30.6 Å². The Hall–Kier alpha value is -0.253. The van der Waals surface area contributed by atoms with Gasteiger partial charge in [-0.25, -0.2) is 0 Å². The second kappa shape index (κ2) is 8.83. The van der Waals surface area contributed by atoms with Gasteiger partial charge in [0.05, 0.1) is 8.07 Å². The van der Waals surface area contributed by atoms with Crippen molar-refractivity contribution >= 4 is 25.0 Å². The van der Waals surface area contributed by atoms with Gasteiger partial charge in [0.25, 0.3) is 0 Å². The molecule has 0 aliphatic heterocycles. The van der Waals surface area contributed by atoms with Crippen molar-refractivity contribution in [2.24, 2.45) is 0 Å². The number of benzene rings is 1. The number of hydrogen-bond acceptors (Lipinski definition) is 2. The summed E-state index contributed by atoms with van der Waals surface area (Å²) in [7, 11) is -1.14. The molecule has 0 aromatic heterocycles. The molecule has 108 valence electrons. The van der Waals surface area contributed by atoms with E-state index in [1.807, 2.05) is 11.8 Å². The van der Waals surface area contributed by atoms with Gasteiger partial charge in [0.1, 0.15) is 0 Å². The minimum absolute atomic E-state index is 1.01. The van der Waals surface area contributed by atoms with Crippen LogP contribution in [0.25, 0.3) is 0 Å². The third-order valence-electron chi connectivity index (χ3n) is 3.35. The zero-order valence-electron chi connectivity index (χ0n) is 13.0. The van der Waals surface area contributed by atoms with Crippen LogP contribution in [0.4, 0.5) is 0 Å². The van der Waals surface area contributed by atoms with Gasteiger partial charge in [-0.1, -0.05) is 55.5 Å². The van der Waals surface area contributed by atoms with Crippen LogP contribution >= 0.6 is 11.8 Å². The first-order chi connectivity index (χ1) is 9.04. The monoisotopic (exact) mass is 295 g/mol. The Kier molecular flexibility index (Phi) is 7.80. The second-order valence-corrected chi connectivity index (χ2v) is 12.2. The Labute approximate surface area is 124 Å². The normalized spacial score (nSPS) is 11.8. The van der Waals surface area contributed by atoms with Crippen LogP contribution in [-0.2, 0) is 6.54 Å². The molecule has 19 heavy (non-hydrogen) atoms. The molecule has 0 aliphatic rings. The molecule has 1 N–H and O–H groups in total. The van der Waals surface area contributed by atoms with E-state index in [-0.39, 0.29) is 0 Å². The van der Waals surface area contributed by atoms with Gasteiger partial charge < -0.3 is 5.32 Å². The standard InChI is InChI=1S/C16H29NSSi/c1-18-13-7-5-6-12-17-14-15-8-10-16(11-9-15)19(2,3)4/h8-11,17H,5-7,12-14H2,1-4H3. The molecule has 0 atom stereocenters. The number of unbranched alkanes of at least 4 members (excludes halogenated alkanes) is 2. The number of thioether (sulfide) groups is 1. The van der Waals surface area contributed by atoms with E-state index in [4.69, 9.17) is 0 Å². The summed E-state index contributed by atoms with van der Waals surface area (Å²) < 4.78 is 0. The van der Waals surface area contributed by atoms with Crippen LogP contribution in [0.1, 0.15) is 24.8 Å². The average Bonchev–Trinajstić information content (AvgIpc) is 2.37. The van der Waals surface area contributed by atoms with Gasteiger partial charge in [-0.3, -0.25) is 0 Å². The third kappa shape index (κ3) is 7.19. The summed E-state index contributed by atoms with van der Waals surface area (Å²) in [6.45, 7) is 9.34. The fraction of sp³-hybridized carbons (Fsp3) is 0.625. The summed E-state index contributed by atoms with van der Waals surface area (Å²) in [5.41, 5.74) is 1.41. The van der Waals surface area contributed by atoms with Crippen LogP contribution in [0.5, 0.6) is 0 Å². The Morgan fingerprint density at radius 3 is 2.26 bits per heavy atom. The van der Waals surface area contributed by atoms with Gasteiger partial charge in [0, 0.05) is 6.54 Å². The molecule has 1 aromatic carbocycles. The smallest absolute Gasteiger partial charge is 0.0775 e. The van der Waals surface area contributed by atoms with E-state index in [1.54, 1.807) is 5.19 Å². The van der Waals surface area contributed by atoms with Crippen molar-refractivity contribution in [3.8, 4) is 0 Å². The van der Waals surface area contributed by atoms with E-state index < -0.39 is 8.07 Å². The Morgan fingerprint density at radius 2 is 1.68 bits per heavy atom. The van der Waals surface area contributed by atoms with Crippen molar-refractivity contribution in [3.05, 3.63) is 29.8 Å². The lowest BCUT2D eigenvalue weighted by Gasteiger charge is -2.16. The molecule has 1 rings (SSSR count). The molecule has 0 fully saturated rings.